The summed E-state index contributed by atoms with van der Waals surface area (Å²) >= 11 is 0. The molecule has 0 spiro atoms. The largest absolute Gasteiger partial charge is 0.475 e. The molecule has 28 heavy (non-hydrogen) atoms. The normalized spacial score (nSPS) is 18.2. The second kappa shape index (κ2) is 7.45. The van der Waals surface area contributed by atoms with Crippen LogP contribution in [0.4, 0.5) is 57.1 Å². The van der Waals surface area contributed by atoms with Crippen molar-refractivity contribution in [3.63, 3.8) is 0 Å². The highest BCUT2D eigenvalue weighted by molar-refractivity contribution is 5.73. The number of carboxylic acid groups (broad SMARTS) is 1. The van der Waals surface area contributed by atoms with Gasteiger partial charge in [0.2, 0.25) is 0 Å². The Morgan fingerprint density at radius 2 is 1.29 bits per heavy atom. The minimum Gasteiger partial charge on any atom is -0.475 e. The summed E-state index contributed by atoms with van der Waals surface area (Å²) in [6.45, 7) is -1.91. The quantitative estimate of drug-likeness (QED) is 0.420. The molecule has 0 aliphatic rings. The number of ether oxygens (including phenoxy) is 3. The number of halogens is 13. The molecule has 0 radical (unpaired) electrons. The predicted molar refractivity (Wildman–Crippen MR) is 55.7 cm³/mol. The zero-order valence-corrected chi connectivity index (χ0v) is 12.4. The maximum atomic E-state index is 13.6. The Labute approximate surface area is 144 Å². The molecule has 0 aromatic heterocycles. The van der Waals surface area contributed by atoms with Gasteiger partial charge in [0.05, 0.1) is 0 Å². The van der Waals surface area contributed by atoms with Crippen molar-refractivity contribution in [1.29, 1.82) is 0 Å². The smallest absolute Gasteiger partial charge is 0.471 e. The molecule has 0 saturated heterocycles. The van der Waals surface area contributed by atoms with E-state index in [4.69, 9.17) is 5.11 Å². The van der Waals surface area contributed by atoms with E-state index in [1.54, 1.807) is 0 Å². The maximum Gasteiger partial charge on any atom is 0.471 e. The summed E-state index contributed by atoms with van der Waals surface area (Å²) in [6.07, 6.45) is -26.6. The van der Waals surface area contributed by atoms with Crippen LogP contribution in [0.25, 0.3) is 0 Å². The molecule has 0 heterocycles. The first-order valence-electron chi connectivity index (χ1n) is 5.90. The zero-order valence-electron chi connectivity index (χ0n) is 12.4. The highest BCUT2D eigenvalue weighted by Crippen LogP contribution is 2.49. The Morgan fingerprint density at radius 1 is 0.857 bits per heavy atom. The van der Waals surface area contributed by atoms with Crippen LogP contribution in [0.15, 0.2) is 12.6 Å². The van der Waals surface area contributed by atoms with Gasteiger partial charge in [-0.25, -0.2) is 4.79 Å². The van der Waals surface area contributed by atoms with Gasteiger partial charge < -0.3 is 14.6 Å². The average Bonchev–Trinajstić information content (AvgIpc) is 2.39. The van der Waals surface area contributed by atoms with E-state index in [0.717, 1.165) is 0 Å². The maximum absolute atomic E-state index is 13.6. The van der Waals surface area contributed by atoms with Gasteiger partial charge in [0.15, 0.2) is 0 Å². The van der Waals surface area contributed by atoms with Crippen molar-refractivity contribution in [3.8, 4) is 0 Å². The summed E-state index contributed by atoms with van der Waals surface area (Å²) in [6, 6.07) is -2.81. The van der Waals surface area contributed by atoms with Gasteiger partial charge in [-0.15, -0.1) is 0 Å². The van der Waals surface area contributed by atoms with Crippen LogP contribution in [-0.4, -0.2) is 54.0 Å². The van der Waals surface area contributed by atoms with Gasteiger partial charge in [-0.05, 0) is 6.58 Å². The number of rotatable bonds is 9. The van der Waals surface area contributed by atoms with Crippen LogP contribution < -0.4 is 0 Å². The first kappa shape index (κ1) is 26.0. The number of hydrogen-bond donors (Lipinski definition) is 1. The van der Waals surface area contributed by atoms with Gasteiger partial charge in [0, 0.05) is 0 Å². The molecule has 0 aliphatic heterocycles. The highest BCUT2D eigenvalue weighted by atomic mass is 19.4. The third-order valence-electron chi connectivity index (χ3n) is 2.40. The second-order valence-corrected chi connectivity index (χ2v) is 4.51. The number of aliphatic carboxylic acids is 1. The lowest BCUT2D eigenvalue weighted by Gasteiger charge is -2.36. The lowest BCUT2D eigenvalue weighted by molar-refractivity contribution is -0.476. The van der Waals surface area contributed by atoms with Crippen LogP contribution in [0.3, 0.4) is 0 Å². The van der Waals surface area contributed by atoms with Crippen LogP contribution in [0, 0.1) is 0 Å². The molecule has 5 nitrogen and oxygen atoms in total. The summed E-state index contributed by atoms with van der Waals surface area (Å²) < 4.78 is 173. The molecule has 0 aromatic carbocycles. The molecule has 0 aromatic rings. The fraction of sp³-hybridized carbons (Fsp3) is 0.700. The lowest BCUT2D eigenvalue weighted by Crippen LogP contribution is -2.61. The molecule has 0 bridgehead atoms. The predicted octanol–water partition coefficient (Wildman–Crippen LogP) is 4.20. The highest BCUT2D eigenvalue weighted by Gasteiger charge is 2.77. The van der Waals surface area contributed by atoms with Crippen molar-refractivity contribution in [2.45, 2.75) is 36.3 Å². The average molecular weight is 452 g/mol. The van der Waals surface area contributed by atoms with Gasteiger partial charge in [-0.1, -0.05) is 0 Å². The van der Waals surface area contributed by atoms with Crippen LogP contribution in [0.1, 0.15) is 0 Å². The second-order valence-electron chi connectivity index (χ2n) is 4.51. The minimum atomic E-state index is -7.08. The van der Waals surface area contributed by atoms with E-state index in [2.05, 4.69) is 14.2 Å². The fourth-order valence-electron chi connectivity index (χ4n) is 1.14. The molecule has 166 valence electrons. The van der Waals surface area contributed by atoms with E-state index in [9.17, 15) is 61.9 Å². The van der Waals surface area contributed by atoms with Gasteiger partial charge in [-0.2, -0.15) is 57.1 Å². The van der Waals surface area contributed by atoms with Crippen LogP contribution in [-0.2, 0) is 19.0 Å². The molecular formula is C10H5F13O5. The zero-order chi connectivity index (χ0) is 23.0. The van der Waals surface area contributed by atoms with Crippen molar-refractivity contribution in [2.75, 3.05) is 6.61 Å². The van der Waals surface area contributed by atoms with Crippen molar-refractivity contribution >= 4 is 5.97 Å². The number of hydrogen-bond acceptors (Lipinski definition) is 4. The number of alkyl halides is 12. The molecule has 2 unspecified atom stereocenters. The monoisotopic (exact) mass is 452 g/mol. The van der Waals surface area contributed by atoms with E-state index in [1.165, 1.54) is 0 Å². The standard InChI is InChI=1S/C10H5F13O5/c1-3(11)27-10(22,23)7(15,9(19,20)21)26-2-5(12,8(16,17)18)28-6(13,14)4(24)25/h1-2H2,(H,24,25). The summed E-state index contributed by atoms with van der Waals surface area (Å²) in [4.78, 5) is 9.97. The molecule has 0 amide bonds. The van der Waals surface area contributed by atoms with Gasteiger partial charge in [0.1, 0.15) is 6.61 Å². The van der Waals surface area contributed by atoms with Crippen LogP contribution in [0.2, 0.25) is 0 Å². The summed E-state index contributed by atoms with van der Waals surface area (Å²) in [5.74, 6) is -16.6. The van der Waals surface area contributed by atoms with Crippen LogP contribution >= 0.6 is 0 Å². The Balaban J connectivity index is 6.06. The molecule has 0 saturated carbocycles. The third-order valence-corrected chi connectivity index (χ3v) is 2.40. The van der Waals surface area contributed by atoms with Gasteiger partial charge >= 0.3 is 42.2 Å². The Bertz CT molecular complexity index is 599. The first-order chi connectivity index (χ1) is 12.0. The van der Waals surface area contributed by atoms with Gasteiger partial charge in [-0.3, -0.25) is 4.74 Å². The molecule has 0 aliphatic carbocycles. The Kier molecular flexibility index (Phi) is 6.92. The number of carbonyl (C=O) groups is 1. The molecule has 1 N–H and O–H groups in total. The molecular weight excluding hydrogens is 447 g/mol. The van der Waals surface area contributed by atoms with Crippen LogP contribution in [0.5, 0.6) is 0 Å². The van der Waals surface area contributed by atoms with Crippen molar-refractivity contribution in [2.24, 2.45) is 0 Å². The molecule has 0 fully saturated rings. The first-order valence-corrected chi connectivity index (χ1v) is 5.90. The lowest BCUT2D eigenvalue weighted by atomic mass is 10.2. The van der Waals surface area contributed by atoms with E-state index in [1.807, 2.05) is 6.58 Å². The molecule has 18 heteroatoms. The summed E-state index contributed by atoms with van der Waals surface area (Å²) in [7, 11) is 0. The Hall–Kier alpha value is -1.98. The molecule has 2 atom stereocenters. The fourth-order valence-corrected chi connectivity index (χ4v) is 1.14. The van der Waals surface area contributed by atoms with Gasteiger partial charge in [0.25, 0.3) is 6.01 Å². The van der Waals surface area contributed by atoms with Crippen molar-refractivity contribution < 1.29 is 81.2 Å². The Morgan fingerprint density at radius 3 is 1.57 bits per heavy atom. The SMILES string of the molecule is C=C(F)OC(F)(F)C(F)(OCC(F)(OC(F)(F)C(=O)O)C(F)(F)F)C(F)(F)F. The third kappa shape index (κ3) is 5.30. The molecule has 0 rings (SSSR count). The van der Waals surface area contributed by atoms with E-state index in [-0.39, 0.29) is 0 Å². The minimum absolute atomic E-state index is 1.85. The topological polar surface area (TPSA) is 65.0 Å². The van der Waals surface area contributed by atoms with Crippen molar-refractivity contribution in [3.05, 3.63) is 12.6 Å². The van der Waals surface area contributed by atoms with Crippen molar-refractivity contribution in [1.82, 2.24) is 0 Å². The van der Waals surface area contributed by atoms with E-state index >= 15 is 0 Å². The van der Waals surface area contributed by atoms with E-state index in [0.29, 0.717) is 0 Å². The summed E-state index contributed by atoms with van der Waals surface area (Å²) in [5.41, 5.74) is 0. The number of carboxylic acids is 1. The van der Waals surface area contributed by atoms with E-state index < -0.39 is 54.9 Å². The summed E-state index contributed by atoms with van der Waals surface area (Å²) in [5, 5.41) is 7.86.